The minimum Gasteiger partial charge on any atom is -0.399 e. The van der Waals surface area contributed by atoms with Crippen LogP contribution in [0.1, 0.15) is 21.5 Å². The molecule has 4 N–H and O–H groups in total. The maximum absolute atomic E-state index is 12.4. The van der Waals surface area contributed by atoms with Gasteiger partial charge in [0.2, 0.25) is 0 Å². The maximum Gasteiger partial charge on any atom is 0.257 e. The summed E-state index contributed by atoms with van der Waals surface area (Å²) in [6, 6.07) is 11.4. The molecule has 106 valence electrons. The number of hydrogen-bond donors (Lipinski definition) is 3. The van der Waals surface area contributed by atoms with Gasteiger partial charge in [-0.05, 0) is 43.7 Å². The molecule has 0 bridgehead atoms. The van der Waals surface area contributed by atoms with Gasteiger partial charge in [0, 0.05) is 28.5 Å². The summed E-state index contributed by atoms with van der Waals surface area (Å²) < 4.78 is 0. The molecule has 2 aromatic carbocycles. The number of aromatic nitrogens is 1. The lowest BCUT2D eigenvalue weighted by atomic mass is 10.1. The van der Waals surface area contributed by atoms with Crippen molar-refractivity contribution in [2.75, 3.05) is 11.1 Å². The van der Waals surface area contributed by atoms with Crippen LogP contribution in [0.25, 0.3) is 10.9 Å². The van der Waals surface area contributed by atoms with Crippen molar-refractivity contribution in [3.8, 4) is 0 Å². The average Bonchev–Trinajstić information content (AvgIpc) is 2.84. The van der Waals surface area contributed by atoms with E-state index in [1.54, 1.807) is 12.3 Å². The van der Waals surface area contributed by atoms with Gasteiger partial charge in [-0.2, -0.15) is 0 Å². The number of H-pyrrole nitrogens is 1. The number of aryl methyl sites for hydroxylation is 2. The standard InChI is InChI=1S/C17H17N3O/c1-10-3-6-15(11(2)7-10)20-17(21)14-9-19-16-8-12(18)4-5-13(14)16/h3-9,19H,18H2,1-2H3,(H,20,21). The minimum absolute atomic E-state index is 0.127. The fraction of sp³-hybridized carbons (Fsp3) is 0.118. The van der Waals surface area contributed by atoms with Crippen molar-refractivity contribution in [1.29, 1.82) is 0 Å². The molecule has 1 amide bonds. The largest absolute Gasteiger partial charge is 0.399 e. The number of fused-ring (bicyclic) bond motifs is 1. The highest BCUT2D eigenvalue weighted by Gasteiger charge is 2.13. The number of rotatable bonds is 2. The normalized spacial score (nSPS) is 10.8. The maximum atomic E-state index is 12.4. The molecule has 0 unspecified atom stereocenters. The number of aromatic amines is 1. The molecule has 0 aliphatic heterocycles. The number of hydrogen-bond acceptors (Lipinski definition) is 2. The van der Waals surface area contributed by atoms with Crippen LogP contribution in [0.15, 0.2) is 42.6 Å². The lowest BCUT2D eigenvalue weighted by molar-refractivity contribution is 0.102. The highest BCUT2D eigenvalue weighted by atomic mass is 16.1. The zero-order chi connectivity index (χ0) is 15.0. The van der Waals surface area contributed by atoms with Gasteiger partial charge in [0.1, 0.15) is 0 Å². The Morgan fingerprint density at radius 3 is 2.71 bits per heavy atom. The summed E-state index contributed by atoms with van der Waals surface area (Å²) in [5.74, 6) is -0.127. The fourth-order valence-corrected chi connectivity index (χ4v) is 2.48. The predicted molar refractivity (Wildman–Crippen MR) is 86.6 cm³/mol. The van der Waals surface area contributed by atoms with Crippen molar-refractivity contribution < 1.29 is 4.79 Å². The number of anilines is 2. The Kier molecular flexibility index (Phi) is 3.14. The molecule has 0 atom stereocenters. The van der Waals surface area contributed by atoms with Crippen LogP contribution < -0.4 is 11.1 Å². The fourth-order valence-electron chi connectivity index (χ4n) is 2.48. The summed E-state index contributed by atoms with van der Waals surface area (Å²) in [4.78, 5) is 15.5. The lowest BCUT2D eigenvalue weighted by Gasteiger charge is -2.08. The van der Waals surface area contributed by atoms with Gasteiger partial charge in [0.25, 0.3) is 5.91 Å². The highest BCUT2D eigenvalue weighted by Crippen LogP contribution is 2.23. The van der Waals surface area contributed by atoms with Crippen LogP contribution in [0.3, 0.4) is 0 Å². The van der Waals surface area contributed by atoms with Gasteiger partial charge in [-0.1, -0.05) is 17.7 Å². The highest BCUT2D eigenvalue weighted by molar-refractivity contribution is 6.13. The Morgan fingerprint density at radius 2 is 1.95 bits per heavy atom. The number of carbonyl (C=O) groups excluding carboxylic acids is 1. The van der Waals surface area contributed by atoms with Crippen LogP contribution in [0.5, 0.6) is 0 Å². The van der Waals surface area contributed by atoms with Gasteiger partial charge in [-0.25, -0.2) is 0 Å². The van der Waals surface area contributed by atoms with E-state index in [0.29, 0.717) is 11.3 Å². The first kappa shape index (κ1) is 13.2. The third-order valence-corrected chi connectivity index (χ3v) is 3.58. The van der Waals surface area contributed by atoms with Crippen LogP contribution in [0.4, 0.5) is 11.4 Å². The number of nitrogens with two attached hydrogens (primary N) is 1. The molecular weight excluding hydrogens is 262 g/mol. The summed E-state index contributed by atoms with van der Waals surface area (Å²) in [6.07, 6.45) is 1.71. The van der Waals surface area contributed by atoms with Crippen LogP contribution in [0.2, 0.25) is 0 Å². The first-order valence-electron chi connectivity index (χ1n) is 6.80. The Balaban J connectivity index is 1.94. The lowest BCUT2D eigenvalue weighted by Crippen LogP contribution is -2.12. The van der Waals surface area contributed by atoms with Gasteiger partial charge in [-0.3, -0.25) is 4.79 Å². The third kappa shape index (κ3) is 2.48. The summed E-state index contributed by atoms with van der Waals surface area (Å²) >= 11 is 0. The second-order valence-corrected chi connectivity index (χ2v) is 5.28. The number of nitrogen functional groups attached to an aromatic ring is 1. The van der Waals surface area contributed by atoms with Crippen molar-refractivity contribution in [3.05, 3.63) is 59.3 Å². The third-order valence-electron chi connectivity index (χ3n) is 3.58. The van der Waals surface area contributed by atoms with Gasteiger partial charge < -0.3 is 16.0 Å². The Hall–Kier alpha value is -2.75. The van der Waals surface area contributed by atoms with Crippen molar-refractivity contribution in [3.63, 3.8) is 0 Å². The van der Waals surface area contributed by atoms with Crippen LogP contribution in [-0.4, -0.2) is 10.9 Å². The summed E-state index contributed by atoms with van der Waals surface area (Å²) in [7, 11) is 0. The SMILES string of the molecule is Cc1ccc(NC(=O)c2c[nH]c3cc(N)ccc23)c(C)c1. The molecule has 21 heavy (non-hydrogen) atoms. The zero-order valence-corrected chi connectivity index (χ0v) is 12.0. The van der Waals surface area contributed by atoms with Gasteiger partial charge in [0.15, 0.2) is 0 Å². The molecular formula is C17H17N3O. The number of nitrogens with one attached hydrogen (secondary N) is 2. The van der Waals surface area contributed by atoms with E-state index in [-0.39, 0.29) is 5.91 Å². The van der Waals surface area contributed by atoms with E-state index < -0.39 is 0 Å². The molecule has 0 spiro atoms. The minimum atomic E-state index is -0.127. The van der Waals surface area contributed by atoms with Gasteiger partial charge >= 0.3 is 0 Å². The molecule has 4 heteroatoms. The predicted octanol–water partition coefficient (Wildman–Crippen LogP) is 3.62. The molecule has 0 fully saturated rings. The van der Waals surface area contributed by atoms with E-state index in [2.05, 4.69) is 10.3 Å². The molecule has 0 saturated carbocycles. The summed E-state index contributed by atoms with van der Waals surface area (Å²) in [5, 5.41) is 3.82. The van der Waals surface area contributed by atoms with E-state index in [1.165, 1.54) is 5.56 Å². The molecule has 0 radical (unpaired) electrons. The van der Waals surface area contributed by atoms with Crippen LogP contribution >= 0.6 is 0 Å². The first-order valence-corrected chi connectivity index (χ1v) is 6.80. The second-order valence-electron chi connectivity index (χ2n) is 5.28. The van der Waals surface area contributed by atoms with Gasteiger partial charge in [0.05, 0.1) is 5.56 Å². The van der Waals surface area contributed by atoms with E-state index in [9.17, 15) is 4.79 Å². The molecule has 3 rings (SSSR count). The van der Waals surface area contributed by atoms with Crippen molar-refractivity contribution in [1.82, 2.24) is 4.98 Å². The molecule has 3 aromatic rings. The Labute approximate surface area is 123 Å². The Morgan fingerprint density at radius 1 is 1.14 bits per heavy atom. The van der Waals surface area contributed by atoms with Crippen LogP contribution in [0, 0.1) is 13.8 Å². The zero-order valence-electron chi connectivity index (χ0n) is 12.0. The number of benzene rings is 2. The average molecular weight is 279 g/mol. The molecule has 4 nitrogen and oxygen atoms in total. The van der Waals surface area contributed by atoms with E-state index in [0.717, 1.165) is 22.2 Å². The molecule has 0 aliphatic carbocycles. The Bertz CT molecular complexity index is 833. The van der Waals surface area contributed by atoms with E-state index in [1.807, 2.05) is 44.2 Å². The molecule has 1 aromatic heterocycles. The van der Waals surface area contributed by atoms with Crippen molar-refractivity contribution in [2.45, 2.75) is 13.8 Å². The second kappa shape index (κ2) is 4.98. The van der Waals surface area contributed by atoms with Crippen LogP contribution in [-0.2, 0) is 0 Å². The quantitative estimate of drug-likeness (QED) is 0.627. The summed E-state index contributed by atoms with van der Waals surface area (Å²) in [5.41, 5.74) is 10.9. The topological polar surface area (TPSA) is 70.9 Å². The molecule has 1 heterocycles. The molecule has 0 saturated heterocycles. The number of amides is 1. The van der Waals surface area contributed by atoms with Crippen molar-refractivity contribution >= 4 is 28.2 Å². The van der Waals surface area contributed by atoms with E-state index in [4.69, 9.17) is 5.73 Å². The number of carbonyl (C=O) groups is 1. The van der Waals surface area contributed by atoms with E-state index >= 15 is 0 Å². The molecule has 0 aliphatic rings. The summed E-state index contributed by atoms with van der Waals surface area (Å²) in [6.45, 7) is 4.02. The van der Waals surface area contributed by atoms with Gasteiger partial charge in [-0.15, -0.1) is 0 Å². The smallest absolute Gasteiger partial charge is 0.257 e. The van der Waals surface area contributed by atoms with Crippen molar-refractivity contribution in [2.24, 2.45) is 0 Å². The first-order chi connectivity index (χ1) is 10.0. The monoisotopic (exact) mass is 279 g/mol.